The lowest BCUT2D eigenvalue weighted by Gasteiger charge is -2.06. The highest BCUT2D eigenvalue weighted by Crippen LogP contribution is 2.31. The number of hydrogen-bond acceptors (Lipinski definition) is 6. The number of fused-ring (bicyclic) bond motifs is 1. The molecule has 0 spiro atoms. The number of carbonyl (C=O) groups is 1. The Morgan fingerprint density at radius 3 is 2.89 bits per heavy atom. The molecule has 4 aromatic rings. The minimum atomic E-state index is -0.333. The maximum atomic E-state index is 12.6. The number of methoxy groups -OCH3 is 1. The summed E-state index contributed by atoms with van der Waals surface area (Å²) in [4.78, 5) is 17.3. The van der Waals surface area contributed by atoms with Gasteiger partial charge in [-0.15, -0.1) is 11.3 Å². The van der Waals surface area contributed by atoms with Gasteiger partial charge in [-0.2, -0.15) is 0 Å². The molecule has 7 heteroatoms. The van der Waals surface area contributed by atoms with Crippen LogP contribution in [0.5, 0.6) is 0 Å². The van der Waals surface area contributed by atoms with E-state index >= 15 is 0 Å². The van der Waals surface area contributed by atoms with Crippen LogP contribution in [0.4, 0.5) is 5.69 Å². The first kappa shape index (κ1) is 17.4. The van der Waals surface area contributed by atoms with Crippen molar-refractivity contribution in [2.45, 2.75) is 13.5 Å². The van der Waals surface area contributed by atoms with Crippen LogP contribution in [0.3, 0.4) is 0 Å². The topological polar surface area (TPSA) is 77.2 Å². The molecular weight excluding hydrogens is 362 g/mol. The Kier molecular flexibility index (Phi) is 4.70. The van der Waals surface area contributed by atoms with Gasteiger partial charge in [-0.1, -0.05) is 29.4 Å². The Morgan fingerprint density at radius 1 is 1.22 bits per heavy atom. The zero-order chi connectivity index (χ0) is 18.8. The number of anilines is 1. The third-order valence-corrected chi connectivity index (χ3v) is 5.24. The van der Waals surface area contributed by atoms with E-state index in [1.165, 1.54) is 0 Å². The second-order valence-corrected chi connectivity index (χ2v) is 7.05. The molecule has 27 heavy (non-hydrogen) atoms. The largest absolute Gasteiger partial charge is 0.380 e. The van der Waals surface area contributed by atoms with E-state index in [1.807, 2.05) is 48.5 Å². The van der Waals surface area contributed by atoms with Crippen LogP contribution in [0, 0.1) is 6.92 Å². The van der Waals surface area contributed by atoms with Gasteiger partial charge in [-0.25, -0.2) is 4.98 Å². The van der Waals surface area contributed by atoms with Gasteiger partial charge in [0.1, 0.15) is 10.8 Å². The molecule has 0 radical (unpaired) electrons. The molecule has 0 fully saturated rings. The summed E-state index contributed by atoms with van der Waals surface area (Å²) < 4.78 is 11.4. The van der Waals surface area contributed by atoms with Crippen LogP contribution in [0.1, 0.15) is 21.8 Å². The first-order valence-corrected chi connectivity index (χ1v) is 9.19. The molecule has 4 rings (SSSR count). The summed E-state index contributed by atoms with van der Waals surface area (Å²) in [5.41, 5.74) is 3.47. The van der Waals surface area contributed by atoms with Crippen LogP contribution in [-0.2, 0) is 11.3 Å². The Bertz CT molecular complexity index is 1080. The highest BCUT2D eigenvalue weighted by Gasteiger charge is 2.20. The summed E-state index contributed by atoms with van der Waals surface area (Å²) in [7, 11) is 1.57. The number of ether oxygens (including phenoxy) is 1. The lowest BCUT2D eigenvalue weighted by molar-refractivity contribution is 0.101. The van der Waals surface area contributed by atoms with Crippen molar-refractivity contribution < 1.29 is 14.1 Å². The van der Waals surface area contributed by atoms with E-state index in [0.29, 0.717) is 17.0 Å². The molecule has 1 N–H and O–H groups in total. The number of carbonyl (C=O) groups excluding carboxylic acids is 1. The Balaban J connectivity index is 1.60. The molecule has 0 bridgehead atoms. The summed E-state index contributed by atoms with van der Waals surface area (Å²) in [6.45, 7) is 2.02. The van der Waals surface area contributed by atoms with Gasteiger partial charge in [-0.3, -0.25) is 4.79 Å². The number of benzene rings is 2. The molecule has 6 nitrogen and oxygen atoms in total. The van der Waals surface area contributed by atoms with E-state index in [0.717, 1.165) is 20.8 Å². The van der Waals surface area contributed by atoms with Gasteiger partial charge in [0.05, 0.1) is 22.4 Å². The smallest absolute Gasteiger partial charge is 0.278 e. The minimum absolute atomic E-state index is 0.236. The molecule has 0 saturated heterocycles. The van der Waals surface area contributed by atoms with Crippen molar-refractivity contribution >= 4 is 33.1 Å². The van der Waals surface area contributed by atoms with Crippen LogP contribution in [0.15, 0.2) is 53.1 Å². The summed E-state index contributed by atoms with van der Waals surface area (Å²) >= 11 is 1.62. The van der Waals surface area contributed by atoms with Crippen molar-refractivity contribution in [2.75, 3.05) is 12.4 Å². The van der Waals surface area contributed by atoms with Crippen LogP contribution < -0.4 is 5.32 Å². The fraction of sp³-hybridized carbons (Fsp3) is 0.150. The molecule has 2 aromatic heterocycles. The highest BCUT2D eigenvalue weighted by atomic mass is 32.1. The first-order valence-electron chi connectivity index (χ1n) is 8.37. The second-order valence-electron chi connectivity index (χ2n) is 6.02. The van der Waals surface area contributed by atoms with Gasteiger partial charge in [0, 0.05) is 18.4 Å². The average Bonchev–Trinajstić information content (AvgIpc) is 3.26. The Hall–Kier alpha value is -3.03. The van der Waals surface area contributed by atoms with E-state index in [-0.39, 0.29) is 18.2 Å². The summed E-state index contributed by atoms with van der Waals surface area (Å²) in [6.07, 6.45) is 0. The summed E-state index contributed by atoms with van der Waals surface area (Å²) in [5, 5.41) is 7.64. The summed E-state index contributed by atoms with van der Waals surface area (Å²) in [5.74, 6) is 0.241. The normalized spacial score (nSPS) is 11.0. The van der Waals surface area contributed by atoms with Crippen molar-refractivity contribution in [3.8, 4) is 10.6 Å². The molecule has 1 amide bonds. The maximum Gasteiger partial charge on any atom is 0.278 e. The van der Waals surface area contributed by atoms with E-state index in [9.17, 15) is 4.79 Å². The van der Waals surface area contributed by atoms with Crippen molar-refractivity contribution in [3.63, 3.8) is 0 Å². The van der Waals surface area contributed by atoms with E-state index in [2.05, 4.69) is 15.5 Å². The van der Waals surface area contributed by atoms with Gasteiger partial charge in [0.2, 0.25) is 0 Å². The van der Waals surface area contributed by atoms with Crippen LogP contribution in [0.2, 0.25) is 0 Å². The van der Waals surface area contributed by atoms with Crippen molar-refractivity contribution in [3.05, 3.63) is 65.5 Å². The first-order chi connectivity index (χ1) is 13.2. The molecular formula is C20H17N3O3S. The number of aryl methyl sites for hydroxylation is 1. The number of thiazole rings is 1. The van der Waals surface area contributed by atoms with Crippen molar-refractivity contribution in [2.24, 2.45) is 0 Å². The molecule has 136 valence electrons. The quantitative estimate of drug-likeness (QED) is 0.546. The highest BCUT2D eigenvalue weighted by molar-refractivity contribution is 7.21. The van der Waals surface area contributed by atoms with Crippen LogP contribution in [0.25, 0.3) is 20.8 Å². The predicted molar refractivity (Wildman–Crippen MR) is 105 cm³/mol. The Labute approximate surface area is 159 Å². The minimum Gasteiger partial charge on any atom is -0.380 e. The second kappa shape index (κ2) is 7.30. The van der Waals surface area contributed by atoms with Gasteiger partial charge >= 0.3 is 0 Å². The zero-order valence-electron chi connectivity index (χ0n) is 14.9. The molecule has 0 atom stereocenters. The third kappa shape index (κ3) is 3.47. The predicted octanol–water partition coefficient (Wildman–Crippen LogP) is 4.66. The van der Waals surface area contributed by atoms with Gasteiger partial charge in [-0.05, 0) is 31.2 Å². The number of nitrogens with one attached hydrogen (secondary N) is 1. The molecule has 2 aromatic carbocycles. The standard InChI is InChI=1S/C20H17N3O3S/c1-12-15(11-25-2)18(23-26-12)19(24)21-14-7-5-6-13(10-14)20-22-16-8-3-4-9-17(16)27-20/h3-10H,11H2,1-2H3,(H,21,24). The fourth-order valence-electron chi connectivity index (χ4n) is 2.80. The van der Waals surface area contributed by atoms with Crippen LogP contribution in [-0.4, -0.2) is 23.2 Å². The van der Waals surface area contributed by atoms with Gasteiger partial charge in [0.15, 0.2) is 5.69 Å². The lowest BCUT2D eigenvalue weighted by Crippen LogP contribution is -2.14. The zero-order valence-corrected chi connectivity index (χ0v) is 15.7. The lowest BCUT2D eigenvalue weighted by atomic mass is 10.1. The van der Waals surface area contributed by atoms with Crippen molar-refractivity contribution in [1.29, 1.82) is 0 Å². The SMILES string of the molecule is COCc1c(C(=O)Nc2cccc(-c3nc4ccccc4s3)c2)noc1C. The monoisotopic (exact) mass is 379 g/mol. The Morgan fingerprint density at radius 2 is 2.07 bits per heavy atom. The number of para-hydroxylation sites is 1. The fourth-order valence-corrected chi connectivity index (χ4v) is 3.76. The number of rotatable bonds is 5. The average molecular weight is 379 g/mol. The molecule has 0 aliphatic rings. The third-order valence-electron chi connectivity index (χ3n) is 4.15. The van der Waals surface area contributed by atoms with Gasteiger partial charge in [0.25, 0.3) is 5.91 Å². The molecule has 0 aliphatic heterocycles. The van der Waals surface area contributed by atoms with Crippen LogP contribution >= 0.6 is 11.3 Å². The summed E-state index contributed by atoms with van der Waals surface area (Å²) in [6, 6.07) is 15.6. The molecule has 0 saturated carbocycles. The molecule has 0 unspecified atom stereocenters. The van der Waals surface area contributed by atoms with Crippen molar-refractivity contribution in [1.82, 2.24) is 10.1 Å². The van der Waals surface area contributed by atoms with Gasteiger partial charge < -0.3 is 14.6 Å². The molecule has 0 aliphatic carbocycles. The number of hydrogen-bond donors (Lipinski definition) is 1. The number of nitrogens with zero attached hydrogens (tertiary/aromatic N) is 2. The number of amides is 1. The number of aromatic nitrogens is 2. The maximum absolute atomic E-state index is 12.6. The molecule has 2 heterocycles. The van der Waals surface area contributed by atoms with E-state index in [1.54, 1.807) is 25.4 Å². The van der Waals surface area contributed by atoms with E-state index in [4.69, 9.17) is 9.26 Å². The van der Waals surface area contributed by atoms with E-state index < -0.39 is 0 Å².